The molecule has 0 aromatic heterocycles. The number of aliphatic hydroxyl groups is 1. The highest BCUT2D eigenvalue weighted by Gasteiger charge is 2.49. The van der Waals surface area contributed by atoms with Crippen molar-refractivity contribution < 1.29 is 23.4 Å². The van der Waals surface area contributed by atoms with Crippen molar-refractivity contribution in [1.29, 1.82) is 0 Å². The first-order chi connectivity index (χ1) is 13.4. The van der Waals surface area contributed by atoms with Crippen molar-refractivity contribution in [3.8, 4) is 0 Å². The van der Waals surface area contributed by atoms with E-state index in [1.807, 2.05) is 30.3 Å². The van der Waals surface area contributed by atoms with Crippen LogP contribution in [0.1, 0.15) is 36.8 Å². The zero-order valence-corrected chi connectivity index (χ0v) is 15.5. The molecule has 2 aromatic rings. The number of fused-ring (bicyclic) bond motifs is 2. The zero-order valence-electron chi connectivity index (χ0n) is 15.5. The molecule has 0 radical (unpaired) electrons. The Hall–Kier alpha value is -2.47. The average Bonchev–Trinajstić information content (AvgIpc) is 2.96. The molecule has 2 saturated heterocycles. The van der Waals surface area contributed by atoms with Crippen LogP contribution < -0.4 is 0 Å². The lowest BCUT2D eigenvalue weighted by Crippen LogP contribution is -2.54. The standard InChI is InChI=1S/C22H23F2NO3/c23-19-9-6-16(10-20(19)24)11-22(27)12-17-7-8-18(13-22)25(17)21(26)28-14-15-4-2-1-3-5-15/h1-6,9-10,17-18,27H,7-8,11-14H2. The number of amides is 1. The van der Waals surface area contributed by atoms with Crippen molar-refractivity contribution in [2.45, 2.75) is 56.4 Å². The van der Waals surface area contributed by atoms with Gasteiger partial charge in [-0.25, -0.2) is 13.6 Å². The Morgan fingerprint density at radius 3 is 2.36 bits per heavy atom. The van der Waals surface area contributed by atoms with E-state index in [9.17, 15) is 18.7 Å². The van der Waals surface area contributed by atoms with Crippen molar-refractivity contribution in [3.05, 3.63) is 71.3 Å². The number of carbonyl (C=O) groups is 1. The molecule has 0 spiro atoms. The molecule has 2 aliphatic heterocycles. The second kappa shape index (κ2) is 7.51. The number of piperidine rings is 1. The van der Waals surface area contributed by atoms with Crippen molar-refractivity contribution in [1.82, 2.24) is 4.90 Å². The lowest BCUT2D eigenvalue weighted by Gasteiger charge is -2.43. The molecule has 2 unspecified atom stereocenters. The SMILES string of the molecule is O=C(OCc1ccccc1)N1C2CCC1CC(O)(Cc1ccc(F)c(F)c1)C2. The van der Waals surface area contributed by atoms with Crippen LogP contribution in [0, 0.1) is 11.6 Å². The Balaban J connectivity index is 1.40. The molecule has 2 bridgehead atoms. The number of carbonyl (C=O) groups excluding carboxylic acids is 1. The van der Waals surface area contributed by atoms with Gasteiger partial charge in [-0.1, -0.05) is 36.4 Å². The van der Waals surface area contributed by atoms with E-state index in [2.05, 4.69) is 0 Å². The maximum absolute atomic E-state index is 13.5. The van der Waals surface area contributed by atoms with E-state index in [4.69, 9.17) is 4.74 Å². The lowest BCUT2D eigenvalue weighted by molar-refractivity contribution is -0.0485. The van der Waals surface area contributed by atoms with Gasteiger partial charge in [-0.15, -0.1) is 0 Å². The van der Waals surface area contributed by atoms with Crippen molar-refractivity contribution in [2.24, 2.45) is 0 Å². The summed E-state index contributed by atoms with van der Waals surface area (Å²) < 4.78 is 32.1. The highest BCUT2D eigenvalue weighted by Crippen LogP contribution is 2.42. The molecular formula is C22H23F2NO3. The summed E-state index contributed by atoms with van der Waals surface area (Å²) in [6, 6.07) is 13.0. The topological polar surface area (TPSA) is 49.8 Å². The minimum atomic E-state index is -1.04. The Bertz CT molecular complexity index is 844. The van der Waals surface area contributed by atoms with Gasteiger partial charge in [0.2, 0.25) is 0 Å². The van der Waals surface area contributed by atoms with E-state index in [0.717, 1.165) is 30.5 Å². The van der Waals surface area contributed by atoms with Crippen LogP contribution in [-0.4, -0.2) is 33.8 Å². The third kappa shape index (κ3) is 3.87. The van der Waals surface area contributed by atoms with Gasteiger partial charge in [0.05, 0.1) is 5.60 Å². The molecule has 2 aliphatic rings. The molecular weight excluding hydrogens is 364 g/mol. The van der Waals surface area contributed by atoms with Crippen LogP contribution in [0.4, 0.5) is 13.6 Å². The van der Waals surface area contributed by atoms with E-state index < -0.39 is 17.2 Å². The third-order valence-corrected chi connectivity index (χ3v) is 5.78. The molecule has 0 aliphatic carbocycles. The largest absolute Gasteiger partial charge is 0.445 e. The van der Waals surface area contributed by atoms with Crippen LogP contribution in [0.3, 0.4) is 0 Å². The monoisotopic (exact) mass is 387 g/mol. The number of benzene rings is 2. The van der Waals surface area contributed by atoms with Crippen molar-refractivity contribution in [3.63, 3.8) is 0 Å². The summed E-state index contributed by atoms with van der Waals surface area (Å²) >= 11 is 0. The van der Waals surface area contributed by atoms with Gasteiger partial charge in [0.1, 0.15) is 6.61 Å². The van der Waals surface area contributed by atoms with Crippen LogP contribution in [0.5, 0.6) is 0 Å². The zero-order chi connectivity index (χ0) is 19.7. The predicted molar refractivity (Wildman–Crippen MR) is 99.5 cm³/mol. The van der Waals surface area contributed by atoms with Gasteiger partial charge in [-0.05, 0) is 48.9 Å². The van der Waals surface area contributed by atoms with Crippen LogP contribution in [-0.2, 0) is 17.8 Å². The minimum Gasteiger partial charge on any atom is -0.445 e. The van der Waals surface area contributed by atoms with E-state index in [1.54, 1.807) is 4.90 Å². The van der Waals surface area contributed by atoms with Crippen molar-refractivity contribution >= 4 is 6.09 Å². The summed E-state index contributed by atoms with van der Waals surface area (Å²) in [4.78, 5) is 14.4. The van der Waals surface area contributed by atoms with Gasteiger partial charge < -0.3 is 14.7 Å². The summed E-state index contributed by atoms with van der Waals surface area (Å²) in [6.45, 7) is 0.217. The van der Waals surface area contributed by atoms with Crippen LogP contribution in [0.2, 0.25) is 0 Å². The molecule has 2 heterocycles. The molecule has 148 valence electrons. The van der Waals surface area contributed by atoms with E-state index in [1.165, 1.54) is 6.07 Å². The maximum Gasteiger partial charge on any atom is 0.410 e. The molecule has 2 fully saturated rings. The molecule has 2 atom stereocenters. The smallest absolute Gasteiger partial charge is 0.410 e. The Morgan fingerprint density at radius 1 is 1.04 bits per heavy atom. The van der Waals surface area contributed by atoms with Gasteiger partial charge in [-0.3, -0.25) is 0 Å². The van der Waals surface area contributed by atoms with Crippen LogP contribution in [0.15, 0.2) is 48.5 Å². The quantitative estimate of drug-likeness (QED) is 0.855. The van der Waals surface area contributed by atoms with Crippen molar-refractivity contribution in [2.75, 3.05) is 0 Å². The van der Waals surface area contributed by atoms with Gasteiger partial charge in [0.15, 0.2) is 11.6 Å². The fourth-order valence-corrected chi connectivity index (χ4v) is 4.59. The summed E-state index contributed by atoms with van der Waals surface area (Å²) in [5, 5.41) is 11.1. The first kappa shape index (κ1) is 18.9. The Kier molecular flexibility index (Phi) is 5.06. The molecule has 6 heteroatoms. The fraction of sp³-hybridized carbons (Fsp3) is 0.409. The molecule has 2 aromatic carbocycles. The molecule has 4 rings (SSSR count). The first-order valence-corrected chi connectivity index (χ1v) is 9.59. The highest BCUT2D eigenvalue weighted by molar-refractivity contribution is 5.69. The number of ether oxygens (including phenoxy) is 1. The number of hydrogen-bond acceptors (Lipinski definition) is 3. The fourth-order valence-electron chi connectivity index (χ4n) is 4.59. The molecule has 0 saturated carbocycles. The normalized spacial score (nSPS) is 26.3. The number of rotatable bonds is 4. The summed E-state index contributed by atoms with van der Waals surface area (Å²) in [7, 11) is 0. The molecule has 1 amide bonds. The van der Waals surface area contributed by atoms with E-state index >= 15 is 0 Å². The van der Waals surface area contributed by atoms with Gasteiger partial charge >= 0.3 is 6.09 Å². The average molecular weight is 387 g/mol. The van der Waals surface area contributed by atoms with Crippen LogP contribution >= 0.6 is 0 Å². The first-order valence-electron chi connectivity index (χ1n) is 9.59. The number of hydrogen-bond donors (Lipinski definition) is 1. The van der Waals surface area contributed by atoms with E-state index in [-0.39, 0.29) is 31.2 Å². The lowest BCUT2D eigenvalue weighted by atomic mass is 9.81. The summed E-state index contributed by atoms with van der Waals surface area (Å²) in [6.07, 6.45) is 2.32. The second-order valence-electron chi connectivity index (χ2n) is 7.89. The number of nitrogens with zero attached hydrogens (tertiary/aromatic N) is 1. The van der Waals surface area contributed by atoms with Crippen LogP contribution in [0.25, 0.3) is 0 Å². The summed E-state index contributed by atoms with van der Waals surface area (Å²) in [5.41, 5.74) is 0.447. The predicted octanol–water partition coefficient (Wildman–Crippen LogP) is 4.20. The third-order valence-electron chi connectivity index (χ3n) is 5.78. The van der Waals surface area contributed by atoms with Gasteiger partial charge in [-0.2, -0.15) is 0 Å². The molecule has 4 nitrogen and oxygen atoms in total. The highest BCUT2D eigenvalue weighted by atomic mass is 19.2. The molecule has 1 N–H and O–H groups in total. The Morgan fingerprint density at radius 2 is 1.71 bits per heavy atom. The number of halogens is 2. The van der Waals surface area contributed by atoms with E-state index in [0.29, 0.717) is 18.4 Å². The maximum atomic E-state index is 13.5. The Labute approximate surface area is 162 Å². The second-order valence-corrected chi connectivity index (χ2v) is 7.89. The van der Waals surface area contributed by atoms with Gasteiger partial charge in [0.25, 0.3) is 0 Å². The van der Waals surface area contributed by atoms with Gasteiger partial charge in [0, 0.05) is 18.5 Å². The summed E-state index contributed by atoms with van der Waals surface area (Å²) in [5.74, 6) is -1.81. The molecule has 28 heavy (non-hydrogen) atoms. The minimum absolute atomic E-state index is 0.0997.